The lowest BCUT2D eigenvalue weighted by Gasteiger charge is -2.20. The third-order valence-corrected chi connectivity index (χ3v) is 6.80. The molecule has 0 fully saturated rings. The van der Waals surface area contributed by atoms with Crippen LogP contribution >= 0.6 is 0 Å². The summed E-state index contributed by atoms with van der Waals surface area (Å²) >= 11 is 0. The van der Waals surface area contributed by atoms with E-state index in [1.54, 1.807) is 6.07 Å². The molecule has 222 valence electrons. The first-order valence-corrected chi connectivity index (χ1v) is 13.8. The van der Waals surface area contributed by atoms with Gasteiger partial charge in [-0.25, -0.2) is 14.6 Å². The van der Waals surface area contributed by atoms with Gasteiger partial charge >= 0.3 is 12.1 Å². The number of amides is 2. The highest BCUT2D eigenvalue weighted by Gasteiger charge is 2.23. The molecular weight excluding hydrogens is 538 g/mol. The molecule has 2 aromatic heterocycles. The summed E-state index contributed by atoms with van der Waals surface area (Å²) in [6.45, 7) is 9.85. The molecule has 2 amide bonds. The van der Waals surface area contributed by atoms with E-state index in [1.807, 2.05) is 69.0 Å². The summed E-state index contributed by atoms with van der Waals surface area (Å²) in [5.41, 5.74) is 1.94. The van der Waals surface area contributed by atoms with Gasteiger partial charge in [0.1, 0.15) is 11.4 Å². The molecule has 4 aromatic rings. The van der Waals surface area contributed by atoms with Crippen LogP contribution in [0.1, 0.15) is 79.5 Å². The third kappa shape index (κ3) is 6.93. The number of carbonyl (C=O) groups is 3. The average Bonchev–Trinajstić information content (AvgIpc) is 3.46. The van der Waals surface area contributed by atoms with Gasteiger partial charge in [0, 0.05) is 30.8 Å². The highest BCUT2D eigenvalue weighted by Crippen LogP contribution is 2.34. The maximum absolute atomic E-state index is 13.3. The van der Waals surface area contributed by atoms with E-state index in [4.69, 9.17) is 9.72 Å². The second-order valence-corrected chi connectivity index (χ2v) is 11.2. The molecule has 12 nitrogen and oxygen atoms in total. The highest BCUT2D eigenvalue weighted by atomic mass is 16.6. The lowest BCUT2D eigenvalue weighted by molar-refractivity contribution is 0.0526. The molecule has 2 aromatic carbocycles. The molecule has 0 aliphatic carbocycles. The number of carbonyl (C=O) groups excluding carboxylic acids is 2. The van der Waals surface area contributed by atoms with Crippen LogP contribution in [0.25, 0.3) is 22.4 Å². The van der Waals surface area contributed by atoms with Crippen molar-refractivity contribution in [2.24, 2.45) is 7.05 Å². The van der Waals surface area contributed by atoms with Crippen molar-refractivity contribution in [3.63, 3.8) is 0 Å². The fourth-order valence-electron chi connectivity index (χ4n) is 4.65. The first-order valence-electron chi connectivity index (χ1n) is 13.8. The Morgan fingerprint density at radius 3 is 2.43 bits per heavy atom. The van der Waals surface area contributed by atoms with Crippen LogP contribution in [0.5, 0.6) is 0 Å². The van der Waals surface area contributed by atoms with Crippen molar-refractivity contribution >= 4 is 35.0 Å². The number of fused-ring (bicyclic) bond motifs is 1. The predicted molar refractivity (Wildman–Crippen MR) is 159 cm³/mol. The number of carboxylic acids is 1. The second-order valence-electron chi connectivity index (χ2n) is 11.2. The van der Waals surface area contributed by atoms with Crippen molar-refractivity contribution in [3.8, 4) is 11.4 Å². The molecule has 4 rings (SSSR count). The van der Waals surface area contributed by atoms with Crippen LogP contribution in [0.3, 0.4) is 0 Å². The van der Waals surface area contributed by atoms with Gasteiger partial charge in [-0.2, -0.15) is 0 Å². The quantitative estimate of drug-likeness (QED) is 0.214. The molecule has 42 heavy (non-hydrogen) atoms. The van der Waals surface area contributed by atoms with Crippen molar-refractivity contribution in [1.29, 1.82) is 0 Å². The molecule has 0 radical (unpaired) electrons. The largest absolute Gasteiger partial charge is 0.478 e. The standard InChI is InChI=1S/C30H37N7O5/c1-18(11-7-8-16-31-29(41)42-30(3,4)5)37-24-22(25-35-34-19(2)36(25)6)14-10-15-23(24)32-28(37)33-26(38)20-12-9-13-21(17-20)27(39)40/h9-10,12-15,17-18H,7-8,11,16H2,1-6H3,(H,31,41)(H,39,40)(H,32,33,38). The van der Waals surface area contributed by atoms with Crippen LogP contribution in [0.4, 0.5) is 10.7 Å². The summed E-state index contributed by atoms with van der Waals surface area (Å²) < 4.78 is 9.18. The van der Waals surface area contributed by atoms with Gasteiger partial charge in [0.15, 0.2) is 5.82 Å². The van der Waals surface area contributed by atoms with E-state index in [1.165, 1.54) is 18.2 Å². The first-order chi connectivity index (χ1) is 19.9. The zero-order valence-corrected chi connectivity index (χ0v) is 24.8. The number of carboxylic acid groups (broad SMARTS) is 1. The van der Waals surface area contributed by atoms with Crippen LogP contribution in [-0.2, 0) is 11.8 Å². The van der Waals surface area contributed by atoms with E-state index in [0.29, 0.717) is 23.8 Å². The van der Waals surface area contributed by atoms with Crippen molar-refractivity contribution < 1.29 is 24.2 Å². The topological polar surface area (TPSA) is 153 Å². The van der Waals surface area contributed by atoms with Gasteiger partial charge in [-0.1, -0.05) is 12.1 Å². The van der Waals surface area contributed by atoms with Crippen LogP contribution in [0.2, 0.25) is 0 Å². The van der Waals surface area contributed by atoms with Crippen LogP contribution < -0.4 is 10.6 Å². The Labute approximate surface area is 244 Å². The van der Waals surface area contributed by atoms with E-state index in [2.05, 4.69) is 20.8 Å². The number of imidazole rings is 1. The number of alkyl carbamates (subject to hydrolysis) is 1. The summed E-state index contributed by atoms with van der Waals surface area (Å²) in [6.07, 6.45) is 1.80. The number of benzene rings is 2. The maximum atomic E-state index is 13.3. The summed E-state index contributed by atoms with van der Waals surface area (Å²) in [6, 6.07) is 11.5. The van der Waals surface area contributed by atoms with E-state index in [9.17, 15) is 19.5 Å². The minimum absolute atomic E-state index is 0.0180. The molecule has 0 saturated carbocycles. The number of aromatic nitrogens is 5. The molecule has 1 atom stereocenters. The Bertz CT molecular complexity index is 1620. The molecular formula is C30H37N7O5. The Balaban J connectivity index is 1.63. The zero-order chi connectivity index (χ0) is 30.6. The smallest absolute Gasteiger partial charge is 0.407 e. The maximum Gasteiger partial charge on any atom is 0.407 e. The number of hydrogen-bond donors (Lipinski definition) is 3. The van der Waals surface area contributed by atoms with E-state index in [0.717, 1.165) is 36.2 Å². The van der Waals surface area contributed by atoms with E-state index >= 15 is 0 Å². The van der Waals surface area contributed by atoms with Gasteiger partial charge in [-0.05, 0) is 84.2 Å². The van der Waals surface area contributed by atoms with Crippen molar-refractivity contribution in [3.05, 3.63) is 59.4 Å². The van der Waals surface area contributed by atoms with E-state index in [-0.39, 0.29) is 17.2 Å². The fraction of sp³-hybridized carbons (Fsp3) is 0.400. The van der Waals surface area contributed by atoms with Crippen molar-refractivity contribution in [1.82, 2.24) is 29.6 Å². The lowest BCUT2D eigenvalue weighted by Crippen LogP contribution is -2.33. The molecule has 3 N–H and O–H groups in total. The van der Waals surface area contributed by atoms with Gasteiger partial charge in [-0.3, -0.25) is 10.1 Å². The molecule has 0 saturated heterocycles. The second kappa shape index (κ2) is 12.4. The fourth-order valence-corrected chi connectivity index (χ4v) is 4.65. The minimum atomic E-state index is -1.12. The molecule has 0 bridgehead atoms. The number of ether oxygens (including phenoxy) is 1. The Morgan fingerprint density at radius 1 is 1.05 bits per heavy atom. The minimum Gasteiger partial charge on any atom is -0.478 e. The highest BCUT2D eigenvalue weighted by molar-refractivity contribution is 6.06. The molecule has 0 aliphatic rings. The number of aryl methyl sites for hydroxylation is 1. The summed E-state index contributed by atoms with van der Waals surface area (Å²) in [4.78, 5) is 41.5. The van der Waals surface area contributed by atoms with Crippen molar-refractivity contribution in [2.75, 3.05) is 11.9 Å². The van der Waals surface area contributed by atoms with E-state index < -0.39 is 23.6 Å². The van der Waals surface area contributed by atoms with Crippen LogP contribution in [0, 0.1) is 6.92 Å². The number of para-hydroxylation sites is 1. The van der Waals surface area contributed by atoms with Crippen LogP contribution in [-0.4, -0.2) is 59.5 Å². The molecule has 0 aliphatic heterocycles. The lowest BCUT2D eigenvalue weighted by atomic mass is 10.1. The summed E-state index contributed by atoms with van der Waals surface area (Å²) in [5, 5.41) is 23.7. The zero-order valence-electron chi connectivity index (χ0n) is 24.8. The molecule has 12 heteroatoms. The summed E-state index contributed by atoms with van der Waals surface area (Å²) in [7, 11) is 1.89. The average molecular weight is 576 g/mol. The van der Waals surface area contributed by atoms with Crippen molar-refractivity contribution in [2.45, 2.75) is 65.5 Å². The predicted octanol–water partition coefficient (Wildman–Crippen LogP) is 5.35. The molecule has 1 unspecified atom stereocenters. The normalized spacial score (nSPS) is 12.2. The number of anilines is 1. The molecule has 2 heterocycles. The number of nitrogens with one attached hydrogen (secondary N) is 2. The van der Waals surface area contributed by atoms with Gasteiger partial charge in [-0.15, -0.1) is 10.2 Å². The number of rotatable bonds is 10. The SMILES string of the molecule is Cc1nnc(-c2cccc3nc(NC(=O)c4cccc(C(=O)O)c4)n(C(C)CCCCNC(=O)OC(C)(C)C)c23)n1C. The number of aromatic carboxylic acids is 1. The Hall–Kier alpha value is -4.74. The number of unbranched alkanes of at least 4 members (excludes halogenated alkanes) is 1. The monoisotopic (exact) mass is 575 g/mol. The van der Waals surface area contributed by atoms with Gasteiger partial charge in [0.25, 0.3) is 5.91 Å². The van der Waals surface area contributed by atoms with Gasteiger partial charge in [0.05, 0.1) is 16.6 Å². The third-order valence-electron chi connectivity index (χ3n) is 6.80. The van der Waals surface area contributed by atoms with Gasteiger partial charge < -0.3 is 24.3 Å². The van der Waals surface area contributed by atoms with Gasteiger partial charge in [0.2, 0.25) is 5.95 Å². The Morgan fingerprint density at radius 2 is 1.76 bits per heavy atom. The Kier molecular flexibility index (Phi) is 8.93. The number of nitrogens with zero attached hydrogens (tertiary/aromatic N) is 5. The molecule has 0 spiro atoms. The summed E-state index contributed by atoms with van der Waals surface area (Å²) in [5.74, 6) is 0.168. The first kappa shape index (κ1) is 30.2. The van der Waals surface area contributed by atoms with Crippen LogP contribution in [0.15, 0.2) is 42.5 Å². The number of hydrogen-bond acceptors (Lipinski definition) is 7.